The average Bonchev–Trinajstić information content (AvgIpc) is 3.08. The SMILES string of the molecule is CC[C@@H]1C(=O)NCCN1C(=O)Nc1cc(F)cc(N2CCCC2)c1. The topological polar surface area (TPSA) is 64.7 Å². The lowest BCUT2D eigenvalue weighted by molar-refractivity contribution is -0.127. The van der Waals surface area contributed by atoms with Crippen molar-refractivity contribution in [3.63, 3.8) is 0 Å². The van der Waals surface area contributed by atoms with Crippen LogP contribution in [0.25, 0.3) is 0 Å². The van der Waals surface area contributed by atoms with Crippen LogP contribution in [0.15, 0.2) is 18.2 Å². The van der Waals surface area contributed by atoms with E-state index >= 15 is 0 Å². The first kappa shape index (κ1) is 16.5. The molecule has 1 aromatic rings. The number of rotatable bonds is 3. The molecule has 2 saturated heterocycles. The molecule has 0 aliphatic carbocycles. The van der Waals surface area contributed by atoms with E-state index in [0.29, 0.717) is 25.2 Å². The first-order valence-electron chi connectivity index (χ1n) is 8.49. The summed E-state index contributed by atoms with van der Waals surface area (Å²) >= 11 is 0. The second-order valence-corrected chi connectivity index (χ2v) is 6.23. The van der Waals surface area contributed by atoms with Crippen molar-refractivity contribution in [1.82, 2.24) is 10.2 Å². The minimum absolute atomic E-state index is 0.143. The van der Waals surface area contributed by atoms with Crippen LogP contribution in [-0.2, 0) is 4.79 Å². The van der Waals surface area contributed by atoms with Crippen molar-refractivity contribution in [2.75, 3.05) is 36.4 Å². The maximum atomic E-state index is 13.9. The van der Waals surface area contributed by atoms with Crippen molar-refractivity contribution in [1.29, 1.82) is 0 Å². The summed E-state index contributed by atoms with van der Waals surface area (Å²) in [4.78, 5) is 28.0. The molecule has 1 aromatic carbocycles. The number of amides is 3. The molecule has 2 heterocycles. The lowest BCUT2D eigenvalue weighted by atomic mass is 10.1. The summed E-state index contributed by atoms with van der Waals surface area (Å²) in [6, 6.07) is 3.74. The number of carbonyl (C=O) groups is 2. The third kappa shape index (κ3) is 3.44. The Labute approximate surface area is 141 Å². The van der Waals surface area contributed by atoms with E-state index in [0.717, 1.165) is 31.6 Å². The fourth-order valence-electron chi connectivity index (χ4n) is 3.36. The number of hydrogen-bond donors (Lipinski definition) is 2. The molecule has 0 saturated carbocycles. The van der Waals surface area contributed by atoms with Gasteiger partial charge in [-0.25, -0.2) is 9.18 Å². The molecule has 130 valence electrons. The Morgan fingerprint density at radius 1 is 1.29 bits per heavy atom. The Hall–Kier alpha value is -2.31. The molecule has 0 unspecified atom stereocenters. The van der Waals surface area contributed by atoms with Crippen LogP contribution in [-0.4, -0.2) is 49.1 Å². The highest BCUT2D eigenvalue weighted by atomic mass is 19.1. The Kier molecular flexibility index (Phi) is 4.87. The Morgan fingerprint density at radius 2 is 2.04 bits per heavy atom. The van der Waals surface area contributed by atoms with Gasteiger partial charge in [-0.1, -0.05) is 6.92 Å². The largest absolute Gasteiger partial charge is 0.371 e. The first-order valence-corrected chi connectivity index (χ1v) is 8.49. The summed E-state index contributed by atoms with van der Waals surface area (Å²) in [5.74, 6) is -0.519. The number of benzene rings is 1. The van der Waals surface area contributed by atoms with Crippen LogP contribution in [0.2, 0.25) is 0 Å². The van der Waals surface area contributed by atoms with E-state index in [4.69, 9.17) is 0 Å². The Morgan fingerprint density at radius 3 is 2.75 bits per heavy atom. The molecule has 1 atom stereocenters. The Balaban J connectivity index is 1.75. The number of piperazine rings is 1. The molecule has 0 aromatic heterocycles. The van der Waals surface area contributed by atoms with E-state index in [9.17, 15) is 14.0 Å². The summed E-state index contributed by atoms with van der Waals surface area (Å²) < 4.78 is 13.9. The minimum atomic E-state index is -0.481. The van der Waals surface area contributed by atoms with Gasteiger partial charge in [0.25, 0.3) is 0 Å². The van der Waals surface area contributed by atoms with Gasteiger partial charge in [0.1, 0.15) is 11.9 Å². The smallest absolute Gasteiger partial charge is 0.322 e. The van der Waals surface area contributed by atoms with Crippen molar-refractivity contribution in [3.05, 3.63) is 24.0 Å². The van der Waals surface area contributed by atoms with Crippen LogP contribution in [0.3, 0.4) is 0 Å². The van der Waals surface area contributed by atoms with Crippen LogP contribution >= 0.6 is 0 Å². The molecule has 3 amide bonds. The zero-order chi connectivity index (χ0) is 17.1. The maximum Gasteiger partial charge on any atom is 0.322 e. The van der Waals surface area contributed by atoms with Gasteiger partial charge in [-0.15, -0.1) is 0 Å². The van der Waals surface area contributed by atoms with E-state index in [1.807, 2.05) is 6.92 Å². The molecule has 3 rings (SSSR count). The molecule has 0 bridgehead atoms. The van der Waals surface area contributed by atoms with Crippen molar-refractivity contribution in [2.45, 2.75) is 32.2 Å². The molecule has 0 radical (unpaired) electrons. The van der Waals surface area contributed by atoms with E-state index in [1.165, 1.54) is 17.0 Å². The second-order valence-electron chi connectivity index (χ2n) is 6.23. The fraction of sp³-hybridized carbons (Fsp3) is 0.529. The normalized spacial score (nSPS) is 20.9. The first-order chi connectivity index (χ1) is 11.6. The maximum absolute atomic E-state index is 13.9. The molecule has 2 fully saturated rings. The summed E-state index contributed by atoms with van der Waals surface area (Å²) in [6.07, 6.45) is 2.74. The number of hydrogen-bond acceptors (Lipinski definition) is 3. The van der Waals surface area contributed by atoms with Gasteiger partial charge in [0.2, 0.25) is 5.91 Å². The van der Waals surface area contributed by atoms with E-state index in [-0.39, 0.29) is 17.8 Å². The second kappa shape index (κ2) is 7.07. The van der Waals surface area contributed by atoms with Gasteiger partial charge in [0.05, 0.1) is 0 Å². The third-order valence-electron chi connectivity index (χ3n) is 4.58. The van der Waals surface area contributed by atoms with Crippen LogP contribution in [0, 0.1) is 5.82 Å². The molecular weight excluding hydrogens is 311 g/mol. The van der Waals surface area contributed by atoms with Crippen LogP contribution in [0.1, 0.15) is 26.2 Å². The lowest BCUT2D eigenvalue weighted by Crippen LogP contribution is -2.57. The quantitative estimate of drug-likeness (QED) is 0.890. The third-order valence-corrected chi connectivity index (χ3v) is 4.58. The number of nitrogens with one attached hydrogen (secondary N) is 2. The van der Waals surface area contributed by atoms with E-state index in [2.05, 4.69) is 15.5 Å². The summed E-state index contributed by atoms with van der Waals surface area (Å²) in [5.41, 5.74) is 1.20. The van der Waals surface area contributed by atoms with Gasteiger partial charge in [-0.3, -0.25) is 4.79 Å². The average molecular weight is 334 g/mol. The van der Waals surface area contributed by atoms with Crippen molar-refractivity contribution < 1.29 is 14.0 Å². The molecule has 24 heavy (non-hydrogen) atoms. The minimum Gasteiger partial charge on any atom is -0.371 e. The van der Waals surface area contributed by atoms with Gasteiger partial charge in [-0.05, 0) is 37.5 Å². The van der Waals surface area contributed by atoms with E-state index < -0.39 is 6.04 Å². The number of halogens is 1. The summed E-state index contributed by atoms with van der Waals surface area (Å²) in [6.45, 7) is 4.56. The van der Waals surface area contributed by atoms with Crippen molar-refractivity contribution >= 4 is 23.3 Å². The van der Waals surface area contributed by atoms with Gasteiger partial charge < -0.3 is 20.4 Å². The van der Waals surface area contributed by atoms with Crippen molar-refractivity contribution in [3.8, 4) is 0 Å². The summed E-state index contributed by atoms with van der Waals surface area (Å²) in [7, 11) is 0. The van der Waals surface area contributed by atoms with Crippen LogP contribution < -0.4 is 15.5 Å². The molecule has 6 nitrogen and oxygen atoms in total. The zero-order valence-corrected chi connectivity index (χ0v) is 13.8. The molecular formula is C17H23FN4O2. The standard InChI is InChI=1S/C17H23FN4O2/c1-2-15-16(23)19-5-8-22(15)17(24)20-13-9-12(18)10-14(11-13)21-6-3-4-7-21/h9-11,15H,2-8H2,1H3,(H,19,23)(H,20,24)/t15-/m1/s1. The number of urea groups is 1. The molecule has 2 aliphatic heterocycles. The Bertz CT molecular complexity index is 631. The van der Waals surface area contributed by atoms with Gasteiger partial charge in [0.15, 0.2) is 0 Å². The van der Waals surface area contributed by atoms with Gasteiger partial charge in [-0.2, -0.15) is 0 Å². The number of nitrogens with zero attached hydrogens (tertiary/aromatic N) is 2. The van der Waals surface area contributed by atoms with Gasteiger partial charge >= 0.3 is 6.03 Å². The van der Waals surface area contributed by atoms with Crippen LogP contribution in [0.5, 0.6) is 0 Å². The highest BCUT2D eigenvalue weighted by molar-refractivity contribution is 5.94. The fourth-order valence-corrected chi connectivity index (χ4v) is 3.36. The monoisotopic (exact) mass is 334 g/mol. The highest BCUT2D eigenvalue weighted by Crippen LogP contribution is 2.25. The predicted octanol–water partition coefficient (Wildman–Crippen LogP) is 2.17. The summed E-state index contributed by atoms with van der Waals surface area (Å²) in [5, 5.41) is 5.50. The van der Waals surface area contributed by atoms with Crippen LogP contribution in [0.4, 0.5) is 20.6 Å². The molecule has 7 heteroatoms. The van der Waals surface area contributed by atoms with E-state index in [1.54, 1.807) is 6.07 Å². The van der Waals surface area contributed by atoms with Gasteiger partial charge in [0, 0.05) is 37.6 Å². The number of carbonyl (C=O) groups excluding carboxylic acids is 2. The predicted molar refractivity (Wildman–Crippen MR) is 90.7 cm³/mol. The van der Waals surface area contributed by atoms with Crippen molar-refractivity contribution in [2.24, 2.45) is 0 Å². The highest BCUT2D eigenvalue weighted by Gasteiger charge is 2.31. The molecule has 2 N–H and O–H groups in total. The lowest BCUT2D eigenvalue weighted by Gasteiger charge is -2.34. The zero-order valence-electron chi connectivity index (χ0n) is 13.8. The number of anilines is 2. The molecule has 2 aliphatic rings. The molecule has 0 spiro atoms.